The molecule has 0 bridgehead atoms. The van der Waals surface area contributed by atoms with Gasteiger partial charge < -0.3 is 10.1 Å². The molecule has 2 aromatic rings. The van der Waals surface area contributed by atoms with E-state index < -0.39 is 11.4 Å². The van der Waals surface area contributed by atoms with E-state index in [9.17, 15) is 14.4 Å². The number of carbonyl (C=O) groups excluding carboxylic acids is 3. The Morgan fingerprint density at radius 1 is 1.04 bits per heavy atom. The van der Waals surface area contributed by atoms with Crippen LogP contribution in [0.1, 0.15) is 34.6 Å². The van der Waals surface area contributed by atoms with E-state index in [2.05, 4.69) is 5.32 Å². The molecule has 0 aliphatic carbocycles. The third-order valence-corrected chi connectivity index (χ3v) is 5.13. The summed E-state index contributed by atoms with van der Waals surface area (Å²) in [5, 5.41) is 3.18. The molecule has 1 aliphatic rings. The second-order valence-electron chi connectivity index (χ2n) is 6.95. The molecule has 28 heavy (non-hydrogen) atoms. The van der Waals surface area contributed by atoms with Crippen molar-refractivity contribution in [3.05, 3.63) is 63.6 Å². The molecule has 0 aromatic heterocycles. The second-order valence-corrected chi connectivity index (χ2v) is 7.73. The molecule has 0 saturated heterocycles. The van der Waals surface area contributed by atoms with Crippen molar-refractivity contribution in [3.8, 4) is 0 Å². The SMILES string of the molecule is CC(C)(COCC(=O)Nc1cccc(Cl)c1Cl)N1C(=O)c2ccccc2C1=O. The molecule has 0 saturated carbocycles. The van der Waals surface area contributed by atoms with Crippen LogP contribution in [-0.4, -0.2) is 41.4 Å². The number of halogens is 2. The average Bonchev–Trinajstić information content (AvgIpc) is 2.90. The number of imide groups is 1. The maximum atomic E-state index is 12.6. The Labute approximate surface area is 172 Å². The number of hydrogen-bond acceptors (Lipinski definition) is 4. The van der Waals surface area contributed by atoms with Crippen molar-refractivity contribution in [2.75, 3.05) is 18.5 Å². The molecular formula is C20H18Cl2N2O4. The quantitative estimate of drug-likeness (QED) is 0.715. The van der Waals surface area contributed by atoms with Gasteiger partial charge in [0.15, 0.2) is 0 Å². The number of rotatable bonds is 6. The van der Waals surface area contributed by atoms with E-state index in [0.717, 1.165) is 0 Å². The van der Waals surface area contributed by atoms with Gasteiger partial charge in [0.25, 0.3) is 11.8 Å². The van der Waals surface area contributed by atoms with Crippen LogP contribution in [0, 0.1) is 0 Å². The Kier molecular flexibility index (Phi) is 5.74. The van der Waals surface area contributed by atoms with Crippen LogP contribution in [0.4, 0.5) is 5.69 Å². The number of hydrogen-bond donors (Lipinski definition) is 1. The number of nitrogens with zero attached hydrogens (tertiary/aromatic N) is 1. The van der Waals surface area contributed by atoms with Crippen LogP contribution in [0.2, 0.25) is 10.0 Å². The molecule has 1 aliphatic heterocycles. The summed E-state index contributed by atoms with van der Waals surface area (Å²) >= 11 is 12.0. The Hall–Kier alpha value is -2.41. The Bertz CT molecular complexity index is 924. The van der Waals surface area contributed by atoms with Gasteiger partial charge in [-0.25, -0.2) is 0 Å². The van der Waals surface area contributed by atoms with Gasteiger partial charge >= 0.3 is 0 Å². The zero-order chi connectivity index (χ0) is 20.5. The van der Waals surface area contributed by atoms with Crippen LogP contribution in [0.3, 0.4) is 0 Å². The Morgan fingerprint density at radius 2 is 1.64 bits per heavy atom. The summed E-state index contributed by atoms with van der Waals surface area (Å²) in [4.78, 5) is 38.5. The molecule has 0 radical (unpaired) electrons. The van der Waals surface area contributed by atoms with Crippen LogP contribution in [0.25, 0.3) is 0 Å². The van der Waals surface area contributed by atoms with E-state index in [1.807, 2.05) is 0 Å². The Balaban J connectivity index is 1.60. The predicted molar refractivity (Wildman–Crippen MR) is 107 cm³/mol. The molecule has 1 N–H and O–H groups in total. The van der Waals surface area contributed by atoms with Gasteiger partial charge in [-0.2, -0.15) is 0 Å². The third-order valence-electron chi connectivity index (χ3n) is 4.31. The molecule has 3 amide bonds. The summed E-state index contributed by atoms with van der Waals surface area (Å²) < 4.78 is 5.48. The minimum Gasteiger partial charge on any atom is -0.369 e. The predicted octanol–water partition coefficient (Wildman–Crippen LogP) is 4.02. The zero-order valence-corrected chi connectivity index (χ0v) is 16.8. The fraction of sp³-hybridized carbons (Fsp3) is 0.250. The van der Waals surface area contributed by atoms with E-state index in [-0.39, 0.29) is 30.1 Å². The highest BCUT2D eigenvalue weighted by Gasteiger charge is 2.44. The minimum atomic E-state index is -0.929. The van der Waals surface area contributed by atoms with Crippen LogP contribution in [0.5, 0.6) is 0 Å². The van der Waals surface area contributed by atoms with Crippen molar-refractivity contribution in [3.63, 3.8) is 0 Å². The second kappa shape index (κ2) is 7.91. The van der Waals surface area contributed by atoms with E-state index in [1.165, 1.54) is 4.90 Å². The van der Waals surface area contributed by atoms with Gasteiger partial charge in [0.05, 0.1) is 39.0 Å². The molecule has 0 unspecified atom stereocenters. The molecule has 2 aromatic carbocycles. The fourth-order valence-electron chi connectivity index (χ4n) is 2.98. The van der Waals surface area contributed by atoms with Gasteiger partial charge in [-0.15, -0.1) is 0 Å². The normalized spacial score (nSPS) is 13.6. The smallest absolute Gasteiger partial charge is 0.262 e. The highest BCUT2D eigenvalue weighted by atomic mass is 35.5. The number of amides is 3. The molecule has 3 rings (SSSR count). The monoisotopic (exact) mass is 420 g/mol. The van der Waals surface area contributed by atoms with Gasteiger partial charge in [-0.3, -0.25) is 19.3 Å². The van der Waals surface area contributed by atoms with E-state index in [0.29, 0.717) is 21.8 Å². The van der Waals surface area contributed by atoms with Crippen molar-refractivity contribution in [1.82, 2.24) is 4.90 Å². The third kappa shape index (κ3) is 3.90. The lowest BCUT2D eigenvalue weighted by molar-refractivity contribution is -0.121. The Morgan fingerprint density at radius 3 is 2.25 bits per heavy atom. The lowest BCUT2D eigenvalue weighted by atomic mass is 10.0. The average molecular weight is 421 g/mol. The van der Waals surface area contributed by atoms with Gasteiger partial charge in [0.2, 0.25) is 5.91 Å². The van der Waals surface area contributed by atoms with Crippen LogP contribution in [-0.2, 0) is 9.53 Å². The van der Waals surface area contributed by atoms with Crippen LogP contribution in [0.15, 0.2) is 42.5 Å². The number of ether oxygens (including phenoxy) is 1. The summed E-state index contributed by atoms with van der Waals surface area (Å²) in [5.74, 6) is -1.17. The maximum absolute atomic E-state index is 12.6. The van der Waals surface area contributed by atoms with Crippen molar-refractivity contribution >= 4 is 46.6 Å². The minimum absolute atomic E-state index is 0.00480. The van der Waals surface area contributed by atoms with E-state index in [4.69, 9.17) is 27.9 Å². The molecule has 8 heteroatoms. The fourth-order valence-corrected chi connectivity index (χ4v) is 3.33. The van der Waals surface area contributed by atoms with E-state index in [1.54, 1.807) is 56.3 Å². The van der Waals surface area contributed by atoms with Crippen molar-refractivity contribution in [2.24, 2.45) is 0 Å². The molecule has 0 spiro atoms. The first-order valence-electron chi connectivity index (χ1n) is 8.52. The van der Waals surface area contributed by atoms with Crippen molar-refractivity contribution < 1.29 is 19.1 Å². The largest absolute Gasteiger partial charge is 0.369 e. The first kappa shape index (κ1) is 20.3. The molecule has 0 fully saturated rings. The summed E-state index contributed by atoms with van der Waals surface area (Å²) in [7, 11) is 0. The molecule has 146 valence electrons. The number of anilines is 1. The summed E-state index contributed by atoms with van der Waals surface area (Å²) in [6.07, 6.45) is 0. The number of nitrogens with one attached hydrogen (secondary N) is 1. The van der Waals surface area contributed by atoms with Crippen LogP contribution < -0.4 is 5.32 Å². The first-order valence-corrected chi connectivity index (χ1v) is 9.27. The highest BCUT2D eigenvalue weighted by Crippen LogP contribution is 2.30. The van der Waals surface area contributed by atoms with Gasteiger partial charge in [-0.05, 0) is 38.1 Å². The summed E-state index contributed by atoms with van der Waals surface area (Å²) in [5.41, 5.74) is 0.187. The van der Waals surface area contributed by atoms with Crippen molar-refractivity contribution in [1.29, 1.82) is 0 Å². The van der Waals surface area contributed by atoms with Gasteiger partial charge in [-0.1, -0.05) is 41.4 Å². The lowest BCUT2D eigenvalue weighted by Gasteiger charge is -2.33. The van der Waals surface area contributed by atoms with Gasteiger partial charge in [0, 0.05) is 0 Å². The maximum Gasteiger partial charge on any atom is 0.262 e. The topological polar surface area (TPSA) is 75.7 Å². The number of carbonyl (C=O) groups is 3. The summed E-state index contributed by atoms with van der Waals surface area (Å²) in [6.45, 7) is 3.14. The molecule has 6 nitrogen and oxygen atoms in total. The standard InChI is InChI=1S/C20H18Cl2N2O4/c1-20(2,24-18(26)12-6-3-4-7-13(12)19(24)27)11-28-10-16(25)23-15-9-5-8-14(21)17(15)22/h3-9H,10-11H2,1-2H3,(H,23,25). The number of benzene rings is 2. The van der Waals surface area contributed by atoms with E-state index >= 15 is 0 Å². The highest BCUT2D eigenvalue weighted by molar-refractivity contribution is 6.44. The molecule has 0 atom stereocenters. The summed E-state index contributed by atoms with van der Waals surface area (Å²) in [6, 6.07) is 11.6. The number of fused-ring (bicyclic) bond motifs is 1. The zero-order valence-electron chi connectivity index (χ0n) is 15.3. The lowest BCUT2D eigenvalue weighted by Crippen LogP contribution is -2.50. The first-order chi connectivity index (χ1) is 13.2. The molecular weight excluding hydrogens is 403 g/mol. The van der Waals surface area contributed by atoms with Gasteiger partial charge in [0.1, 0.15) is 6.61 Å². The molecule has 1 heterocycles. The van der Waals surface area contributed by atoms with Crippen LogP contribution >= 0.6 is 23.2 Å². The van der Waals surface area contributed by atoms with Crippen molar-refractivity contribution in [2.45, 2.75) is 19.4 Å².